The molecule has 0 bridgehead atoms. The number of nitrogens with one attached hydrogen (secondary N) is 4. The van der Waals surface area contributed by atoms with E-state index in [1.807, 2.05) is 6.92 Å². The predicted molar refractivity (Wildman–Crippen MR) is 186 cm³/mol. The normalized spacial score (nSPS) is 12.7. The first-order chi connectivity index (χ1) is 23.3. The van der Waals surface area contributed by atoms with Gasteiger partial charge in [0.15, 0.2) is 11.6 Å². The first-order valence-corrected chi connectivity index (χ1v) is 18.2. The number of Topliss-reactive ketones (excluding diaryl/α,β-unsaturated/α-hetero) is 2. The molecular weight excluding hydrogens is 739 g/mol. The van der Waals surface area contributed by atoms with Crippen molar-refractivity contribution in [3.63, 3.8) is 0 Å². The summed E-state index contributed by atoms with van der Waals surface area (Å²) in [5.74, 6) is -2.39. The molecule has 48 heavy (non-hydrogen) atoms. The molecule has 0 aliphatic carbocycles. The second-order valence-corrected chi connectivity index (χ2v) is 14.1. The van der Waals surface area contributed by atoms with Crippen LogP contribution in [0.4, 0.5) is 15.3 Å². The fourth-order valence-corrected chi connectivity index (χ4v) is 5.35. The van der Waals surface area contributed by atoms with Crippen LogP contribution in [0.5, 0.6) is 0 Å². The van der Waals surface area contributed by atoms with Crippen molar-refractivity contribution >= 4 is 62.5 Å². The second-order valence-electron chi connectivity index (χ2n) is 11.2. The van der Waals surface area contributed by atoms with Crippen LogP contribution in [0.3, 0.4) is 0 Å². The molecule has 1 heterocycles. The molecule has 2 atom stereocenters. The van der Waals surface area contributed by atoms with Crippen LogP contribution in [-0.2, 0) is 48.2 Å². The van der Waals surface area contributed by atoms with Crippen LogP contribution in [0.2, 0.25) is 0 Å². The van der Waals surface area contributed by atoms with Gasteiger partial charge in [-0.15, -0.1) is 5.10 Å². The number of nitrogens with zero attached hydrogens (tertiary/aromatic N) is 3. The van der Waals surface area contributed by atoms with Crippen molar-refractivity contribution in [3.8, 4) is 0 Å². The number of aromatic nitrogens is 3. The van der Waals surface area contributed by atoms with Gasteiger partial charge in [-0.05, 0) is 12.3 Å². The number of hydrogen-bond acceptors (Lipinski definition) is 10. The number of ketones is 2. The third-order valence-electron chi connectivity index (χ3n) is 6.90. The first-order valence-electron chi connectivity index (χ1n) is 15.9. The molecule has 0 spiro atoms. The number of carbonyl (C=O) groups excluding carboxylic acids is 6. The van der Waals surface area contributed by atoms with E-state index in [9.17, 15) is 28.8 Å². The molecule has 0 aliphatic heterocycles. The summed E-state index contributed by atoms with van der Waals surface area (Å²) >= 11 is -2.25. The molecule has 0 saturated heterocycles. The first kappa shape index (κ1) is 38.3. The summed E-state index contributed by atoms with van der Waals surface area (Å²) in [6, 6.07) is 5.05. The number of hydrogen-bond donors (Lipinski definition) is 5. The zero-order valence-corrected chi connectivity index (χ0v) is 29.9. The molecule has 17 heteroatoms. The maximum absolute atomic E-state index is 13.5. The number of urea groups is 1. The summed E-state index contributed by atoms with van der Waals surface area (Å²) in [4.78, 5) is 74.5. The van der Waals surface area contributed by atoms with Crippen molar-refractivity contribution in [3.05, 3.63) is 41.7 Å². The molecule has 6 N–H and O–H groups in total. The quantitative estimate of drug-likeness (QED) is 0.0506. The Bertz CT molecular complexity index is 1410. The number of amides is 5. The summed E-state index contributed by atoms with van der Waals surface area (Å²) in [6.45, 7) is 5.42. The minimum absolute atomic E-state index is 0.00593. The van der Waals surface area contributed by atoms with Crippen molar-refractivity contribution in [1.29, 1.82) is 0.594 Å². The number of halogens is 1. The van der Waals surface area contributed by atoms with Crippen molar-refractivity contribution < 1.29 is 38.2 Å². The Labute approximate surface area is 291 Å². The van der Waals surface area contributed by atoms with E-state index in [1.54, 1.807) is 44.3 Å². The summed E-state index contributed by atoms with van der Waals surface area (Å²) in [6.07, 6.45) is 1.96. The molecule has 0 fully saturated rings. The van der Waals surface area contributed by atoms with E-state index in [4.69, 9.17) is 15.8 Å². The number of ether oxygens (including phenoxy) is 2. The summed E-state index contributed by atoms with van der Waals surface area (Å²) < 4.78 is 22.2. The summed E-state index contributed by atoms with van der Waals surface area (Å²) in [5.41, 5.74) is 6.83. The molecule has 2 rings (SSSR count). The number of carbonyl (C=O) groups is 6. The number of primary amides is 1. The summed E-state index contributed by atoms with van der Waals surface area (Å²) in [5, 5.41) is 16.0. The second kappa shape index (κ2) is 21.7. The van der Waals surface area contributed by atoms with Crippen LogP contribution in [0.15, 0.2) is 30.5 Å². The topological polar surface area (TPSA) is 226 Å². The number of nitrogens with two attached hydrogens (primary N) is 1. The van der Waals surface area contributed by atoms with Gasteiger partial charge in [0.2, 0.25) is 5.91 Å². The van der Waals surface area contributed by atoms with Crippen molar-refractivity contribution in [1.82, 2.24) is 29.2 Å². The average molecular weight is 788 g/mol. The van der Waals surface area contributed by atoms with Crippen LogP contribution in [0.25, 0.3) is 0 Å². The third kappa shape index (κ3) is 15.6. The Kier molecular flexibility index (Phi) is 17.3. The molecule has 266 valence electrons. The van der Waals surface area contributed by atoms with Crippen LogP contribution in [0, 0.1) is 11.8 Å². The van der Waals surface area contributed by atoms with Crippen molar-refractivity contribution in [2.24, 2.45) is 17.6 Å². The minimum atomic E-state index is -2.25. The van der Waals surface area contributed by atoms with Gasteiger partial charge in [0, 0.05) is 32.7 Å². The van der Waals surface area contributed by atoms with Gasteiger partial charge in [-0.1, -0.05) is 19.1 Å². The van der Waals surface area contributed by atoms with E-state index >= 15 is 0 Å². The van der Waals surface area contributed by atoms with Gasteiger partial charge in [-0.3, -0.25) is 14.4 Å². The van der Waals surface area contributed by atoms with Gasteiger partial charge >= 0.3 is 135 Å². The number of alkyl halides is 1. The van der Waals surface area contributed by atoms with Gasteiger partial charge in [-0.2, -0.15) is 0 Å². The van der Waals surface area contributed by atoms with Gasteiger partial charge in [0.1, 0.15) is 13.2 Å². The standard InChI is InChI=1S/C31H47IN8O8/c1-5-32-37-31(46)48-18-21-8-10-23(11-9-21)35-29(44)22(7-6-14-34-30(33)45)15-26(42)28(20(2)3)36-27(43)17-40-16-24(38-39-40)12-13-25(41)19-47-4/h8-11,16,20,22,28,32H,5-7,12-15,17-19H2,1-4H3,(H,35,44)(H,36,43)(H,37,46)(H3,33,34,45)/t22-,28+/m1/s1/i32D. The molecule has 0 unspecified atom stereocenters. The van der Waals surface area contributed by atoms with E-state index < -0.39 is 57.2 Å². The Hall–Kier alpha value is -4.13. The number of aryl methyl sites for hydroxylation is 1. The number of rotatable bonds is 22. The molecule has 0 saturated carbocycles. The molecular formula is C31H47IN8O8. The van der Waals surface area contributed by atoms with E-state index in [1.165, 1.54) is 11.8 Å². The maximum atomic E-state index is 13.5. The van der Waals surface area contributed by atoms with E-state index in [0.29, 0.717) is 34.2 Å². The van der Waals surface area contributed by atoms with Crippen LogP contribution in [0.1, 0.15) is 57.7 Å². The molecule has 16 nitrogen and oxygen atoms in total. The van der Waals surface area contributed by atoms with Crippen molar-refractivity contribution in [2.45, 2.75) is 72.1 Å². The molecule has 5 amide bonds. The fourth-order valence-electron chi connectivity index (χ4n) is 4.50. The zero-order valence-electron chi connectivity index (χ0n) is 28.8. The van der Waals surface area contributed by atoms with E-state index in [2.05, 4.69) is 29.8 Å². The molecule has 1 aromatic heterocycles. The zero-order chi connectivity index (χ0) is 36.3. The van der Waals surface area contributed by atoms with Gasteiger partial charge < -0.3 is 21.1 Å². The molecule has 1 aromatic carbocycles. The monoisotopic (exact) mass is 787 g/mol. The molecule has 2 aromatic rings. The Morgan fingerprint density at radius 2 is 1.85 bits per heavy atom. The SMILES string of the molecule is [2H]I(CC)NC(=O)OCc1ccc(NC(=O)[C@H](CCCNC(N)=O)CC(=O)[C@@H](NC(=O)Cn2cc(CCC(=O)COC)nn2)C(C)C)cc1. The van der Waals surface area contributed by atoms with Crippen LogP contribution >= 0.6 is 21.3 Å². The summed E-state index contributed by atoms with van der Waals surface area (Å²) in [7, 11) is 1.44. The van der Waals surface area contributed by atoms with Crippen LogP contribution in [-0.4, -0.2) is 81.8 Å². The number of methoxy groups -OCH3 is 1. The fraction of sp³-hybridized carbons (Fsp3) is 0.548. The Balaban J connectivity index is 2.03. The predicted octanol–water partition coefficient (Wildman–Crippen LogP) is 2.09. The number of anilines is 1. The van der Waals surface area contributed by atoms with Gasteiger partial charge in [-0.25, -0.2) is 9.48 Å². The Morgan fingerprint density at radius 3 is 2.50 bits per heavy atom. The van der Waals surface area contributed by atoms with Crippen LogP contribution < -0.4 is 25.2 Å². The number of benzene rings is 1. The van der Waals surface area contributed by atoms with Gasteiger partial charge in [0.05, 0.1) is 11.7 Å². The molecule has 0 aliphatic rings. The van der Waals surface area contributed by atoms with E-state index in [-0.39, 0.29) is 63.1 Å². The molecule has 0 radical (unpaired) electrons. The van der Waals surface area contributed by atoms with Gasteiger partial charge in [0.25, 0.3) is 0 Å². The van der Waals surface area contributed by atoms with E-state index in [0.717, 1.165) is 0 Å². The average Bonchev–Trinajstić information content (AvgIpc) is 3.50. The van der Waals surface area contributed by atoms with Crippen molar-refractivity contribution in [2.75, 3.05) is 30.0 Å². The third-order valence-corrected chi connectivity index (χ3v) is 8.49. The Morgan fingerprint density at radius 1 is 1.12 bits per heavy atom.